The molecular weight excluding hydrogens is 602 g/mol. The zero-order valence-corrected chi connectivity index (χ0v) is 26.7. The average Bonchev–Trinajstić information content (AvgIpc) is 3.72. The van der Waals surface area contributed by atoms with E-state index < -0.39 is 40.7 Å². The third-order valence-corrected chi connectivity index (χ3v) is 9.98. The summed E-state index contributed by atoms with van der Waals surface area (Å²) in [4.78, 5) is 12.9. The summed E-state index contributed by atoms with van der Waals surface area (Å²) in [5, 5.41) is 13.9. The second kappa shape index (κ2) is 14.7. The smallest absolute Gasteiger partial charge is 0.407 e. The molecule has 1 amide bonds. The first kappa shape index (κ1) is 33.4. The van der Waals surface area contributed by atoms with Crippen molar-refractivity contribution in [1.29, 1.82) is 0 Å². The molecule has 12 nitrogen and oxygen atoms in total. The molecular formula is C32H45N3O9S. The number of hydrogen-bond acceptors (Lipinski definition) is 10. The molecule has 5 N–H and O–H groups in total. The molecule has 2 saturated heterocycles. The van der Waals surface area contributed by atoms with Crippen molar-refractivity contribution in [3.63, 3.8) is 0 Å². The van der Waals surface area contributed by atoms with Gasteiger partial charge in [-0.05, 0) is 55.3 Å². The lowest BCUT2D eigenvalue weighted by Gasteiger charge is -2.26. The quantitative estimate of drug-likeness (QED) is 0.211. The van der Waals surface area contributed by atoms with Crippen molar-refractivity contribution in [3.05, 3.63) is 54.1 Å². The van der Waals surface area contributed by atoms with Crippen molar-refractivity contribution in [3.8, 4) is 11.5 Å². The number of unbranched alkanes of at least 4 members (excludes halogenated alkanes) is 1. The normalized spacial score (nSPS) is 23.8. The van der Waals surface area contributed by atoms with Gasteiger partial charge < -0.3 is 39.8 Å². The van der Waals surface area contributed by atoms with Crippen molar-refractivity contribution in [2.75, 3.05) is 26.3 Å². The number of aliphatic hydroxyl groups excluding tert-OH is 1. The molecule has 3 aliphatic rings. The number of ether oxygens (including phenoxy) is 5. The van der Waals surface area contributed by atoms with Crippen LogP contribution in [0.5, 0.6) is 11.5 Å². The van der Waals surface area contributed by atoms with Crippen LogP contribution >= 0.6 is 0 Å². The largest absolute Gasteiger partial charge is 0.451 e. The number of sulfonamides is 1. The molecule has 0 aliphatic carbocycles. The standard InChI is InChI=1S/C32H45N3O9S/c1-32(2,13-6-7-14-33)18-29-42-26-11-10-22(17-27(26)43-29)45(38,39)34-19-25(36)24(16-21-8-4-3-5-9-21)35-31(37)44-28-20-41-30-23(28)12-15-40-30/h3-5,8-11,17,23-25,28-30,34,36H,6-7,12-16,18-20,33H2,1-2H3,(H,35,37)/t23-,24-,25+,28-,29?,30+/m0/s1. The van der Waals surface area contributed by atoms with Crippen LogP contribution in [0.4, 0.5) is 4.79 Å². The maximum absolute atomic E-state index is 13.3. The summed E-state index contributed by atoms with van der Waals surface area (Å²) in [7, 11) is -4.04. The van der Waals surface area contributed by atoms with Crippen molar-refractivity contribution in [2.24, 2.45) is 17.1 Å². The minimum Gasteiger partial charge on any atom is -0.451 e. The van der Waals surface area contributed by atoms with Crippen LogP contribution in [0.15, 0.2) is 53.4 Å². The van der Waals surface area contributed by atoms with Gasteiger partial charge in [0.1, 0.15) is 6.10 Å². The number of benzene rings is 2. The minimum absolute atomic E-state index is 0.0264. The molecule has 0 radical (unpaired) electrons. The number of amides is 1. The Kier molecular flexibility index (Phi) is 10.9. The van der Waals surface area contributed by atoms with E-state index in [1.807, 2.05) is 30.3 Å². The van der Waals surface area contributed by atoms with Crippen molar-refractivity contribution >= 4 is 16.1 Å². The van der Waals surface area contributed by atoms with Crippen LogP contribution < -0.4 is 25.2 Å². The Bertz CT molecular complexity index is 1390. The highest BCUT2D eigenvalue weighted by molar-refractivity contribution is 7.89. The molecule has 5 rings (SSSR count). The van der Waals surface area contributed by atoms with E-state index in [1.165, 1.54) is 12.1 Å². The Labute approximate surface area is 264 Å². The Morgan fingerprint density at radius 3 is 2.67 bits per heavy atom. The number of rotatable bonds is 15. The summed E-state index contributed by atoms with van der Waals surface area (Å²) >= 11 is 0. The van der Waals surface area contributed by atoms with Gasteiger partial charge in [-0.1, -0.05) is 50.6 Å². The second-order valence-electron chi connectivity index (χ2n) is 12.7. The average molecular weight is 648 g/mol. The topological polar surface area (TPSA) is 168 Å². The summed E-state index contributed by atoms with van der Waals surface area (Å²) in [5.74, 6) is 0.786. The highest BCUT2D eigenvalue weighted by Crippen LogP contribution is 2.40. The van der Waals surface area contributed by atoms with Crippen molar-refractivity contribution in [2.45, 2.75) is 88.1 Å². The fraction of sp³-hybridized carbons (Fsp3) is 0.594. The van der Waals surface area contributed by atoms with Gasteiger partial charge in [-0.3, -0.25) is 0 Å². The van der Waals surface area contributed by atoms with E-state index in [-0.39, 0.29) is 42.1 Å². The number of carbonyl (C=O) groups excluding carboxylic acids is 1. The second-order valence-corrected chi connectivity index (χ2v) is 14.5. The first-order valence-electron chi connectivity index (χ1n) is 15.6. The van der Waals surface area contributed by atoms with Crippen LogP contribution in [0.3, 0.4) is 0 Å². The van der Waals surface area contributed by atoms with Crippen LogP contribution in [0, 0.1) is 11.3 Å². The maximum Gasteiger partial charge on any atom is 0.407 e. The number of aliphatic hydroxyl groups is 1. The molecule has 13 heteroatoms. The zero-order chi connectivity index (χ0) is 32.0. The molecule has 45 heavy (non-hydrogen) atoms. The molecule has 3 heterocycles. The van der Waals surface area contributed by atoms with E-state index >= 15 is 0 Å². The molecule has 3 aliphatic heterocycles. The Morgan fingerprint density at radius 1 is 1.11 bits per heavy atom. The van der Waals surface area contributed by atoms with Crippen LogP contribution in [0.2, 0.25) is 0 Å². The van der Waals surface area contributed by atoms with Crippen molar-refractivity contribution < 1.29 is 42.0 Å². The highest BCUT2D eigenvalue weighted by atomic mass is 32.2. The molecule has 0 spiro atoms. The monoisotopic (exact) mass is 647 g/mol. The van der Waals surface area contributed by atoms with Gasteiger partial charge in [0, 0.05) is 19.0 Å². The van der Waals surface area contributed by atoms with E-state index in [9.17, 15) is 18.3 Å². The lowest BCUT2D eigenvalue weighted by Crippen LogP contribution is -2.50. The Balaban J connectivity index is 1.19. The highest BCUT2D eigenvalue weighted by Gasteiger charge is 2.44. The zero-order valence-electron chi connectivity index (χ0n) is 25.9. The summed E-state index contributed by atoms with van der Waals surface area (Å²) in [6, 6.07) is 12.9. The van der Waals surface area contributed by atoms with Gasteiger partial charge in [0.25, 0.3) is 0 Å². The summed E-state index contributed by atoms with van der Waals surface area (Å²) < 4.78 is 57.6. The molecule has 2 aromatic rings. The number of carbonyl (C=O) groups is 1. The van der Waals surface area contributed by atoms with Crippen LogP contribution in [0.1, 0.15) is 51.5 Å². The third-order valence-electron chi connectivity index (χ3n) is 8.56. The molecule has 0 aromatic heterocycles. The lowest BCUT2D eigenvalue weighted by atomic mass is 9.83. The van der Waals surface area contributed by atoms with Gasteiger partial charge in [0.2, 0.25) is 16.3 Å². The Hall–Kier alpha value is -2.94. The SMILES string of the molecule is CC(C)(CCCCN)CC1Oc2ccc(S(=O)(=O)NC[C@@H](O)[C@H](Cc3ccccc3)NC(=O)O[C@H]3CO[C@H]4OCC[C@H]43)cc2O1. The fourth-order valence-corrected chi connectivity index (χ4v) is 7.05. The van der Waals surface area contributed by atoms with Crippen LogP contribution in [0.25, 0.3) is 0 Å². The molecule has 2 fully saturated rings. The van der Waals surface area contributed by atoms with E-state index in [0.29, 0.717) is 31.1 Å². The van der Waals surface area contributed by atoms with Gasteiger partial charge in [-0.25, -0.2) is 17.9 Å². The van der Waals surface area contributed by atoms with Gasteiger partial charge in [-0.15, -0.1) is 0 Å². The summed E-state index contributed by atoms with van der Waals surface area (Å²) in [6.45, 7) is 5.38. The number of hydrogen-bond donors (Lipinski definition) is 4. The minimum atomic E-state index is -4.04. The van der Waals surface area contributed by atoms with E-state index in [2.05, 4.69) is 23.9 Å². The van der Waals surface area contributed by atoms with E-state index in [1.54, 1.807) is 6.07 Å². The molecule has 1 unspecified atom stereocenters. The number of nitrogens with two attached hydrogens (primary N) is 1. The summed E-state index contributed by atoms with van der Waals surface area (Å²) in [5.41, 5.74) is 6.44. The fourth-order valence-electron chi connectivity index (χ4n) is 5.98. The molecule has 0 bridgehead atoms. The van der Waals surface area contributed by atoms with E-state index in [4.69, 9.17) is 29.4 Å². The van der Waals surface area contributed by atoms with Crippen molar-refractivity contribution in [1.82, 2.24) is 10.0 Å². The molecule has 0 saturated carbocycles. The first-order valence-corrected chi connectivity index (χ1v) is 17.1. The van der Waals surface area contributed by atoms with Gasteiger partial charge in [-0.2, -0.15) is 0 Å². The summed E-state index contributed by atoms with van der Waals surface area (Å²) in [6.07, 6.45) is 1.22. The number of fused-ring (bicyclic) bond motifs is 2. The molecule has 2 aromatic carbocycles. The van der Waals surface area contributed by atoms with Crippen LogP contribution in [-0.2, 0) is 30.7 Å². The number of alkyl carbamates (subject to hydrolysis) is 1. The third kappa shape index (κ3) is 8.87. The maximum atomic E-state index is 13.3. The van der Waals surface area contributed by atoms with Gasteiger partial charge >= 0.3 is 6.09 Å². The first-order chi connectivity index (χ1) is 21.5. The number of nitrogens with one attached hydrogen (secondary N) is 2. The predicted molar refractivity (Wildman–Crippen MR) is 165 cm³/mol. The van der Waals surface area contributed by atoms with Gasteiger partial charge in [0.05, 0.1) is 36.2 Å². The molecule has 6 atom stereocenters. The lowest BCUT2D eigenvalue weighted by molar-refractivity contribution is -0.0907. The Morgan fingerprint density at radius 2 is 1.89 bits per heavy atom. The van der Waals surface area contributed by atoms with Gasteiger partial charge in [0.15, 0.2) is 17.8 Å². The molecule has 248 valence electrons. The van der Waals surface area contributed by atoms with Crippen LogP contribution in [-0.4, -0.2) is 76.8 Å². The predicted octanol–water partition coefficient (Wildman–Crippen LogP) is 3.07. The van der Waals surface area contributed by atoms with E-state index in [0.717, 1.165) is 31.2 Å².